The van der Waals surface area contributed by atoms with Gasteiger partial charge in [0.25, 0.3) is 0 Å². The molecule has 0 aliphatic carbocycles. The van der Waals surface area contributed by atoms with E-state index >= 15 is 0 Å². The van der Waals surface area contributed by atoms with Crippen molar-refractivity contribution in [1.82, 2.24) is 0 Å². The Hall–Kier alpha value is -1.87. The molecule has 0 aliphatic heterocycles. The van der Waals surface area contributed by atoms with Crippen LogP contribution in [0.3, 0.4) is 0 Å². The van der Waals surface area contributed by atoms with Gasteiger partial charge in [-0.3, -0.25) is 0 Å². The summed E-state index contributed by atoms with van der Waals surface area (Å²) >= 11 is 1.81. The normalized spacial score (nSPS) is 10.6. The molecule has 0 heterocycles. The summed E-state index contributed by atoms with van der Waals surface area (Å²) in [6.07, 6.45) is 0. The fourth-order valence-corrected chi connectivity index (χ4v) is 4.79. The first-order valence-corrected chi connectivity index (χ1v) is 15.4. The number of hydrogen-bond donors (Lipinski definition) is 0. The zero-order chi connectivity index (χ0) is 26.1. The molecular weight excluding hydrogens is 579 g/mol. The van der Waals surface area contributed by atoms with Gasteiger partial charge in [0.1, 0.15) is 0 Å². The molecule has 0 bridgehead atoms. The Balaban J connectivity index is 0.000000655. The first-order chi connectivity index (χ1) is 17.1. The summed E-state index contributed by atoms with van der Waals surface area (Å²) in [6, 6.07) is 35.4. The molecule has 0 spiro atoms. The molecule has 0 aromatic heterocycles. The first kappa shape index (κ1) is 38.1. The predicted octanol–water partition coefficient (Wildman–Crippen LogP) is 11.4. The van der Waals surface area contributed by atoms with Gasteiger partial charge in [-0.15, -0.1) is 81.8 Å². The third-order valence-corrected chi connectivity index (χ3v) is 6.96. The van der Waals surface area contributed by atoms with Crippen LogP contribution in [0.25, 0.3) is 43.1 Å². The van der Waals surface area contributed by atoms with E-state index in [4.69, 9.17) is 0 Å². The number of rotatable bonds is 0. The van der Waals surface area contributed by atoms with Crippen molar-refractivity contribution >= 4 is 75.5 Å². The molecule has 212 valence electrons. The van der Waals surface area contributed by atoms with Gasteiger partial charge >= 0.3 is 26.8 Å². The third kappa shape index (κ3) is 8.11. The standard InChI is InChI=1S/2C17H17.2CH3.2ClH.Si.Ti/c2*1-17(2,3)14-10-13-9-8-12-6-4-5-7-15(12)16(13)11-14;;;;;;/h2*4-11H,1-3H3;2*1H3;2*1H;;/q4*-1;;;;. The van der Waals surface area contributed by atoms with E-state index in [-0.39, 0.29) is 50.5 Å². The Morgan fingerprint density at radius 1 is 0.500 bits per heavy atom. The monoisotopic (exact) mass is 620 g/mol. The van der Waals surface area contributed by atoms with E-state index in [1.807, 2.05) is 0 Å². The summed E-state index contributed by atoms with van der Waals surface area (Å²) in [5.74, 6) is 0. The quantitative estimate of drug-likeness (QED) is 0.117. The van der Waals surface area contributed by atoms with E-state index in [1.165, 1.54) is 54.2 Å². The van der Waals surface area contributed by atoms with Crippen molar-refractivity contribution in [3.8, 4) is 0 Å². The number of fused-ring (bicyclic) bond motifs is 6. The zero-order valence-corrected chi connectivity index (χ0v) is 29.2. The van der Waals surface area contributed by atoms with Crippen LogP contribution in [0.1, 0.15) is 52.7 Å². The molecule has 0 saturated carbocycles. The molecule has 0 fully saturated rings. The molecule has 0 saturated heterocycles. The summed E-state index contributed by atoms with van der Waals surface area (Å²) < 4.78 is 0. The fourth-order valence-electron chi connectivity index (χ4n) is 4.79. The van der Waals surface area contributed by atoms with Crippen LogP contribution in [-0.2, 0) is 30.0 Å². The van der Waals surface area contributed by atoms with Crippen LogP contribution >= 0.6 is 24.8 Å². The Bertz CT molecular complexity index is 1520. The summed E-state index contributed by atoms with van der Waals surface area (Å²) in [5.41, 5.74) is 3.29. The molecule has 0 unspecified atom stereocenters. The maximum atomic E-state index is 2.97. The second-order valence-corrected chi connectivity index (χ2v) is 11.6. The van der Waals surface area contributed by atoms with E-state index in [9.17, 15) is 0 Å². The van der Waals surface area contributed by atoms with Crippen LogP contribution in [0.2, 0.25) is 0 Å². The van der Waals surface area contributed by atoms with Crippen molar-refractivity contribution in [3.05, 3.63) is 123 Å². The fraction of sp³-hybridized carbons (Fsp3) is 0.222. The van der Waals surface area contributed by atoms with Crippen LogP contribution in [0.4, 0.5) is 0 Å². The Morgan fingerprint density at radius 3 is 1.12 bits per heavy atom. The second kappa shape index (κ2) is 15.4. The number of hydrogen-bond acceptors (Lipinski definition) is 0. The molecule has 0 nitrogen and oxygen atoms in total. The van der Waals surface area contributed by atoms with E-state index in [1.54, 1.807) is 19.2 Å². The summed E-state index contributed by atoms with van der Waals surface area (Å²) in [5, 5.41) is 10.8. The van der Waals surface area contributed by atoms with Crippen molar-refractivity contribution in [2.75, 3.05) is 0 Å². The third-order valence-electron chi connectivity index (χ3n) is 6.96. The molecule has 4 heteroatoms. The molecule has 0 atom stereocenters. The van der Waals surface area contributed by atoms with Gasteiger partial charge in [-0.2, -0.15) is 12.1 Å². The molecular formula is C36H42Cl2SiTi-4. The van der Waals surface area contributed by atoms with E-state index in [0.29, 0.717) is 0 Å². The van der Waals surface area contributed by atoms with Crippen LogP contribution in [0.15, 0.2) is 97.1 Å². The van der Waals surface area contributed by atoms with Gasteiger partial charge in [0.15, 0.2) is 0 Å². The van der Waals surface area contributed by atoms with Gasteiger partial charge in [0.05, 0.1) is 0 Å². The van der Waals surface area contributed by atoms with Crippen molar-refractivity contribution in [2.24, 2.45) is 0 Å². The van der Waals surface area contributed by atoms with E-state index in [2.05, 4.69) is 146 Å². The van der Waals surface area contributed by atoms with E-state index in [0.717, 1.165) is 0 Å². The molecule has 6 aromatic rings. The minimum absolute atomic E-state index is 0. The van der Waals surface area contributed by atoms with Gasteiger partial charge in [0.2, 0.25) is 0 Å². The second-order valence-electron chi connectivity index (χ2n) is 11.6. The van der Waals surface area contributed by atoms with Gasteiger partial charge in [-0.25, -0.2) is 0 Å². The maximum absolute atomic E-state index is 2.97. The van der Waals surface area contributed by atoms with Crippen LogP contribution in [0, 0.1) is 14.9 Å². The number of halogens is 2. The van der Waals surface area contributed by atoms with Gasteiger partial charge in [-0.1, -0.05) is 124 Å². The molecule has 40 heavy (non-hydrogen) atoms. The number of benzene rings is 4. The summed E-state index contributed by atoms with van der Waals surface area (Å²) in [7, 11) is 2.97. The first-order valence-electron chi connectivity index (χ1n) is 12.5. The molecule has 0 amide bonds. The Morgan fingerprint density at radius 2 is 0.800 bits per heavy atom. The summed E-state index contributed by atoms with van der Waals surface area (Å²) in [4.78, 5) is 0. The van der Waals surface area contributed by atoms with Gasteiger partial charge in [-0.05, 0) is 10.8 Å². The topological polar surface area (TPSA) is 0 Å². The molecule has 2 radical (unpaired) electrons. The van der Waals surface area contributed by atoms with Crippen LogP contribution < -0.4 is 0 Å². The van der Waals surface area contributed by atoms with Crippen LogP contribution in [-0.4, -0.2) is 7.63 Å². The zero-order valence-electron chi connectivity index (χ0n) is 25.1. The summed E-state index contributed by atoms with van der Waals surface area (Å²) in [6.45, 7) is 13.6. The minimum atomic E-state index is 0. The predicted molar refractivity (Wildman–Crippen MR) is 185 cm³/mol. The van der Waals surface area contributed by atoms with Gasteiger partial charge in [0, 0.05) is 0 Å². The van der Waals surface area contributed by atoms with Crippen molar-refractivity contribution in [3.63, 3.8) is 0 Å². The molecule has 6 aromatic carbocycles. The van der Waals surface area contributed by atoms with Crippen molar-refractivity contribution in [2.45, 2.75) is 52.4 Å². The average molecular weight is 622 g/mol. The molecule has 0 aliphatic rings. The Kier molecular flexibility index (Phi) is 14.7. The average Bonchev–Trinajstić information content (AvgIpc) is 3.51. The molecule has 0 N–H and O–H groups in total. The Labute approximate surface area is 268 Å². The van der Waals surface area contributed by atoms with Crippen molar-refractivity contribution < 1.29 is 19.2 Å². The SMILES string of the molecule is CC(C)(C)c1cc2ccc3ccccc3c2[cH-]1.CC(C)(C)c1cc2ccc3ccccc3c2[cH-]1.Cl.Cl.[CH3-].[CH3-].[Si]=[Ti]. The van der Waals surface area contributed by atoms with Crippen LogP contribution in [0.5, 0.6) is 0 Å². The van der Waals surface area contributed by atoms with Gasteiger partial charge < -0.3 is 14.9 Å². The van der Waals surface area contributed by atoms with E-state index < -0.39 is 0 Å². The van der Waals surface area contributed by atoms with Crippen molar-refractivity contribution in [1.29, 1.82) is 0 Å². The molecule has 6 rings (SSSR count).